The zero-order valence-corrected chi connectivity index (χ0v) is 12.2. The van der Waals surface area contributed by atoms with Crippen LogP contribution in [0.4, 0.5) is 0 Å². The molecule has 0 saturated carbocycles. The Labute approximate surface area is 122 Å². The number of nitrogens with one attached hydrogen (secondary N) is 1. The van der Waals surface area contributed by atoms with Crippen LogP contribution >= 0.6 is 0 Å². The molecule has 0 radical (unpaired) electrons. The Hall–Kier alpha value is -2.14. The van der Waals surface area contributed by atoms with Crippen LogP contribution in [0.2, 0.25) is 0 Å². The first kappa shape index (κ1) is 13.8. The molecule has 0 atom stereocenters. The minimum Gasteiger partial charge on any atom is -0.453 e. The Kier molecular flexibility index (Phi) is 3.29. The van der Waals surface area contributed by atoms with Crippen LogP contribution in [-0.4, -0.2) is 41.8 Å². The first-order valence-electron chi connectivity index (χ1n) is 7.03. The Morgan fingerprint density at radius 2 is 2.14 bits per heavy atom. The fraction of sp³-hybridized carbons (Fsp3) is 0.375. The molecule has 110 valence electrons. The summed E-state index contributed by atoms with van der Waals surface area (Å²) >= 11 is 0. The maximum atomic E-state index is 12.4. The van der Waals surface area contributed by atoms with Crippen LogP contribution in [0.25, 0.3) is 11.0 Å². The Bertz CT molecular complexity index is 669. The van der Waals surface area contributed by atoms with E-state index in [9.17, 15) is 9.59 Å². The molecule has 1 saturated heterocycles. The molecular weight excluding hydrogens is 268 g/mol. The fourth-order valence-electron chi connectivity index (χ4n) is 2.59. The number of hydrogen-bond acceptors (Lipinski definition) is 4. The molecule has 2 heterocycles. The molecule has 1 N–H and O–H groups in total. The van der Waals surface area contributed by atoms with Crippen LogP contribution in [0.1, 0.15) is 24.4 Å². The lowest BCUT2D eigenvalue weighted by atomic mass is 9.98. The van der Waals surface area contributed by atoms with Crippen molar-refractivity contribution in [3.63, 3.8) is 0 Å². The molecule has 2 aromatic rings. The third-order valence-electron chi connectivity index (χ3n) is 4.05. The summed E-state index contributed by atoms with van der Waals surface area (Å²) in [5.41, 5.74) is 0.0245. The summed E-state index contributed by atoms with van der Waals surface area (Å²) < 4.78 is 5.59. The van der Waals surface area contributed by atoms with Crippen LogP contribution in [0.3, 0.4) is 0 Å². The molecule has 1 aliphatic heterocycles. The van der Waals surface area contributed by atoms with Crippen molar-refractivity contribution in [3.05, 3.63) is 36.1 Å². The number of para-hydroxylation sites is 1. The summed E-state index contributed by atoms with van der Waals surface area (Å²) in [5.74, 6) is 0.193. The van der Waals surface area contributed by atoms with Crippen molar-refractivity contribution in [2.24, 2.45) is 0 Å². The van der Waals surface area contributed by atoms with E-state index in [1.165, 1.54) is 0 Å². The average molecular weight is 286 g/mol. The molecule has 0 unspecified atom stereocenters. The number of carbonyl (C=O) groups excluding carboxylic acids is 2. The van der Waals surface area contributed by atoms with E-state index in [0.29, 0.717) is 24.4 Å². The number of carbonyl (C=O) groups is 2. The van der Waals surface area contributed by atoms with Crippen LogP contribution in [0.15, 0.2) is 34.7 Å². The van der Waals surface area contributed by atoms with Crippen molar-refractivity contribution < 1.29 is 14.0 Å². The van der Waals surface area contributed by atoms with Crippen LogP contribution in [0, 0.1) is 0 Å². The predicted molar refractivity (Wildman–Crippen MR) is 79.2 cm³/mol. The van der Waals surface area contributed by atoms with Gasteiger partial charge >= 0.3 is 0 Å². The SMILES string of the molecule is CC1(C)C(=O)NCCN1CC(=O)c1cc2ccccc2o1. The zero-order valence-electron chi connectivity index (χ0n) is 12.2. The summed E-state index contributed by atoms with van der Waals surface area (Å²) in [7, 11) is 0. The lowest BCUT2D eigenvalue weighted by Gasteiger charge is -2.40. The standard InChI is InChI=1S/C16H18N2O3/c1-16(2)15(20)17-7-8-18(16)10-12(19)14-9-11-5-3-4-6-13(11)21-14/h3-6,9H,7-8,10H2,1-2H3,(H,17,20). The Balaban J connectivity index is 1.81. The predicted octanol–water partition coefficient (Wildman–Crippen LogP) is 1.83. The number of nitrogens with zero attached hydrogens (tertiary/aromatic N) is 1. The molecule has 0 aliphatic carbocycles. The number of furan rings is 1. The van der Waals surface area contributed by atoms with E-state index >= 15 is 0 Å². The third kappa shape index (κ3) is 2.45. The molecule has 3 rings (SSSR count). The summed E-state index contributed by atoms with van der Waals surface area (Å²) in [4.78, 5) is 26.2. The van der Waals surface area contributed by atoms with E-state index < -0.39 is 5.54 Å². The normalized spacial score (nSPS) is 18.7. The molecule has 0 spiro atoms. The van der Waals surface area contributed by atoms with E-state index in [1.807, 2.05) is 43.0 Å². The fourth-order valence-corrected chi connectivity index (χ4v) is 2.59. The monoisotopic (exact) mass is 286 g/mol. The second-order valence-corrected chi connectivity index (χ2v) is 5.81. The van der Waals surface area contributed by atoms with Gasteiger partial charge in [0.05, 0.1) is 12.1 Å². The lowest BCUT2D eigenvalue weighted by Crippen LogP contribution is -2.62. The number of piperazine rings is 1. The van der Waals surface area contributed by atoms with Gasteiger partial charge in [-0.25, -0.2) is 0 Å². The van der Waals surface area contributed by atoms with Gasteiger partial charge in [-0.2, -0.15) is 0 Å². The second-order valence-electron chi connectivity index (χ2n) is 5.81. The molecule has 1 aliphatic rings. The number of rotatable bonds is 3. The number of hydrogen-bond donors (Lipinski definition) is 1. The molecule has 1 aromatic carbocycles. The maximum absolute atomic E-state index is 12.4. The van der Waals surface area contributed by atoms with Gasteiger partial charge in [-0.3, -0.25) is 14.5 Å². The number of Topliss-reactive ketones (excluding diaryl/α,β-unsaturated/α-hetero) is 1. The average Bonchev–Trinajstić information content (AvgIpc) is 2.88. The van der Waals surface area contributed by atoms with Gasteiger partial charge in [-0.1, -0.05) is 18.2 Å². The molecule has 21 heavy (non-hydrogen) atoms. The van der Waals surface area contributed by atoms with Gasteiger partial charge in [0.15, 0.2) is 5.76 Å². The van der Waals surface area contributed by atoms with Gasteiger partial charge in [-0.05, 0) is 26.0 Å². The quantitative estimate of drug-likeness (QED) is 0.874. The highest BCUT2D eigenvalue weighted by molar-refractivity contribution is 5.99. The number of amides is 1. The lowest BCUT2D eigenvalue weighted by molar-refractivity contribution is -0.134. The van der Waals surface area contributed by atoms with Gasteiger partial charge in [0.1, 0.15) is 5.58 Å². The summed E-state index contributed by atoms with van der Waals surface area (Å²) in [6.45, 7) is 5.06. The van der Waals surface area contributed by atoms with E-state index in [4.69, 9.17) is 4.42 Å². The number of fused-ring (bicyclic) bond motifs is 1. The van der Waals surface area contributed by atoms with Crippen molar-refractivity contribution in [1.82, 2.24) is 10.2 Å². The van der Waals surface area contributed by atoms with E-state index in [0.717, 1.165) is 5.39 Å². The zero-order chi connectivity index (χ0) is 15.0. The van der Waals surface area contributed by atoms with Gasteiger partial charge in [0, 0.05) is 18.5 Å². The Morgan fingerprint density at radius 1 is 1.38 bits per heavy atom. The summed E-state index contributed by atoms with van der Waals surface area (Å²) in [6.07, 6.45) is 0. The Morgan fingerprint density at radius 3 is 2.90 bits per heavy atom. The number of benzene rings is 1. The van der Waals surface area contributed by atoms with Crippen molar-refractivity contribution in [2.45, 2.75) is 19.4 Å². The third-order valence-corrected chi connectivity index (χ3v) is 4.05. The maximum Gasteiger partial charge on any atom is 0.240 e. The van der Waals surface area contributed by atoms with Crippen molar-refractivity contribution in [3.8, 4) is 0 Å². The second kappa shape index (κ2) is 5.00. The minimum absolute atomic E-state index is 0.0499. The smallest absolute Gasteiger partial charge is 0.240 e. The minimum atomic E-state index is -0.681. The van der Waals surface area contributed by atoms with E-state index in [-0.39, 0.29) is 18.2 Å². The molecule has 5 nitrogen and oxygen atoms in total. The van der Waals surface area contributed by atoms with E-state index in [1.54, 1.807) is 6.07 Å². The van der Waals surface area contributed by atoms with Crippen LogP contribution < -0.4 is 5.32 Å². The van der Waals surface area contributed by atoms with Gasteiger partial charge < -0.3 is 9.73 Å². The van der Waals surface area contributed by atoms with Crippen molar-refractivity contribution >= 4 is 22.7 Å². The van der Waals surface area contributed by atoms with Crippen LogP contribution in [0.5, 0.6) is 0 Å². The summed E-state index contributed by atoms with van der Waals surface area (Å²) in [6, 6.07) is 9.29. The summed E-state index contributed by atoms with van der Waals surface area (Å²) in [5, 5.41) is 3.73. The number of ketones is 1. The van der Waals surface area contributed by atoms with Crippen LogP contribution in [-0.2, 0) is 4.79 Å². The van der Waals surface area contributed by atoms with E-state index in [2.05, 4.69) is 5.32 Å². The molecule has 0 bridgehead atoms. The highest BCUT2D eigenvalue weighted by Gasteiger charge is 2.38. The van der Waals surface area contributed by atoms with Gasteiger partial charge in [0.25, 0.3) is 0 Å². The topological polar surface area (TPSA) is 62.6 Å². The first-order valence-corrected chi connectivity index (χ1v) is 7.03. The molecule has 5 heteroatoms. The molecular formula is C16H18N2O3. The largest absolute Gasteiger partial charge is 0.453 e. The highest BCUT2D eigenvalue weighted by Crippen LogP contribution is 2.22. The molecule has 1 aromatic heterocycles. The van der Waals surface area contributed by atoms with Gasteiger partial charge in [-0.15, -0.1) is 0 Å². The molecule has 1 amide bonds. The molecule has 1 fully saturated rings. The van der Waals surface area contributed by atoms with Crippen molar-refractivity contribution in [1.29, 1.82) is 0 Å². The highest BCUT2D eigenvalue weighted by atomic mass is 16.3. The van der Waals surface area contributed by atoms with Crippen molar-refractivity contribution in [2.75, 3.05) is 19.6 Å². The van der Waals surface area contributed by atoms with Gasteiger partial charge in [0.2, 0.25) is 11.7 Å². The first-order chi connectivity index (χ1) is 9.98.